The summed E-state index contributed by atoms with van der Waals surface area (Å²) in [7, 11) is 0. The molecule has 1 saturated carbocycles. The predicted molar refractivity (Wildman–Crippen MR) is 69.6 cm³/mol. The molecule has 1 N–H and O–H groups in total. The zero-order valence-corrected chi connectivity index (χ0v) is 11.2. The predicted octanol–water partition coefficient (Wildman–Crippen LogP) is 2.49. The summed E-state index contributed by atoms with van der Waals surface area (Å²) >= 11 is 0. The second-order valence-corrected chi connectivity index (χ2v) is 6.14. The molecule has 1 aliphatic carbocycles. The largest absolute Gasteiger partial charge is 0.313 e. The molecule has 0 aromatic rings. The van der Waals surface area contributed by atoms with E-state index >= 15 is 0 Å². The standard InChI is InChI=1S/C14H28N2/c1-11-4-5-14(12(2)10-11)16-8-6-13(3)15-7-9-16/h11-15H,4-10H2,1-3H3. The number of nitrogens with one attached hydrogen (secondary N) is 1. The number of hydrogen-bond donors (Lipinski definition) is 1. The van der Waals surface area contributed by atoms with Crippen LogP contribution in [0.5, 0.6) is 0 Å². The van der Waals surface area contributed by atoms with Gasteiger partial charge >= 0.3 is 0 Å². The van der Waals surface area contributed by atoms with E-state index in [2.05, 4.69) is 31.0 Å². The summed E-state index contributed by atoms with van der Waals surface area (Å²) in [5.74, 6) is 1.85. The lowest BCUT2D eigenvalue weighted by Gasteiger charge is -2.40. The number of nitrogens with zero attached hydrogens (tertiary/aromatic N) is 1. The Morgan fingerprint density at radius 2 is 1.81 bits per heavy atom. The van der Waals surface area contributed by atoms with Gasteiger partial charge in [-0.2, -0.15) is 0 Å². The van der Waals surface area contributed by atoms with Crippen LogP contribution in [0, 0.1) is 11.8 Å². The summed E-state index contributed by atoms with van der Waals surface area (Å²) in [6.45, 7) is 10.9. The van der Waals surface area contributed by atoms with Gasteiger partial charge in [-0.15, -0.1) is 0 Å². The molecule has 0 spiro atoms. The van der Waals surface area contributed by atoms with Gasteiger partial charge in [0, 0.05) is 25.2 Å². The molecule has 1 heterocycles. The highest BCUT2D eigenvalue weighted by Gasteiger charge is 2.30. The lowest BCUT2D eigenvalue weighted by molar-refractivity contribution is 0.0988. The van der Waals surface area contributed by atoms with Crippen molar-refractivity contribution in [2.45, 2.75) is 58.5 Å². The average molecular weight is 224 g/mol. The Morgan fingerprint density at radius 1 is 1.00 bits per heavy atom. The van der Waals surface area contributed by atoms with Crippen molar-refractivity contribution >= 4 is 0 Å². The summed E-state index contributed by atoms with van der Waals surface area (Å²) in [4.78, 5) is 2.76. The van der Waals surface area contributed by atoms with E-state index in [0.717, 1.165) is 17.9 Å². The normalized spacial score (nSPS) is 42.9. The van der Waals surface area contributed by atoms with Gasteiger partial charge in [-0.3, -0.25) is 4.90 Å². The lowest BCUT2D eigenvalue weighted by Crippen LogP contribution is -2.44. The van der Waals surface area contributed by atoms with Crippen LogP contribution in [-0.2, 0) is 0 Å². The third-order valence-corrected chi connectivity index (χ3v) is 4.60. The van der Waals surface area contributed by atoms with Gasteiger partial charge in [-0.05, 0) is 51.0 Å². The van der Waals surface area contributed by atoms with E-state index in [9.17, 15) is 0 Å². The fourth-order valence-electron chi connectivity index (χ4n) is 3.55. The molecule has 4 atom stereocenters. The molecule has 4 unspecified atom stereocenters. The summed E-state index contributed by atoms with van der Waals surface area (Å²) in [5.41, 5.74) is 0. The zero-order valence-electron chi connectivity index (χ0n) is 11.2. The van der Waals surface area contributed by atoms with Crippen molar-refractivity contribution in [1.82, 2.24) is 10.2 Å². The van der Waals surface area contributed by atoms with Gasteiger partial charge in [-0.1, -0.05) is 13.8 Å². The Kier molecular flexibility index (Phi) is 4.26. The van der Waals surface area contributed by atoms with E-state index in [-0.39, 0.29) is 0 Å². The van der Waals surface area contributed by atoms with Crippen LogP contribution in [0.1, 0.15) is 46.5 Å². The highest BCUT2D eigenvalue weighted by molar-refractivity contribution is 4.85. The monoisotopic (exact) mass is 224 g/mol. The molecule has 0 bridgehead atoms. The van der Waals surface area contributed by atoms with Crippen molar-refractivity contribution in [2.75, 3.05) is 19.6 Å². The van der Waals surface area contributed by atoms with Gasteiger partial charge in [-0.25, -0.2) is 0 Å². The summed E-state index contributed by atoms with van der Waals surface area (Å²) in [6, 6.07) is 1.58. The van der Waals surface area contributed by atoms with Crippen LogP contribution < -0.4 is 5.32 Å². The molecular weight excluding hydrogens is 196 g/mol. The van der Waals surface area contributed by atoms with Gasteiger partial charge < -0.3 is 5.32 Å². The van der Waals surface area contributed by atoms with Crippen LogP contribution in [0.25, 0.3) is 0 Å². The molecular formula is C14H28N2. The van der Waals surface area contributed by atoms with Gasteiger partial charge in [0.25, 0.3) is 0 Å². The highest BCUT2D eigenvalue weighted by atomic mass is 15.2. The lowest BCUT2D eigenvalue weighted by atomic mass is 9.79. The first-order valence-electron chi connectivity index (χ1n) is 7.14. The minimum absolute atomic E-state index is 0.711. The molecule has 2 nitrogen and oxygen atoms in total. The van der Waals surface area contributed by atoms with Crippen LogP contribution in [0.2, 0.25) is 0 Å². The molecule has 94 valence electrons. The fourth-order valence-corrected chi connectivity index (χ4v) is 3.55. The minimum Gasteiger partial charge on any atom is -0.313 e. The van der Waals surface area contributed by atoms with E-state index in [1.54, 1.807) is 0 Å². The van der Waals surface area contributed by atoms with Crippen LogP contribution in [0.15, 0.2) is 0 Å². The van der Waals surface area contributed by atoms with Gasteiger partial charge in [0.1, 0.15) is 0 Å². The summed E-state index contributed by atoms with van der Waals surface area (Å²) in [6.07, 6.45) is 5.62. The first-order chi connectivity index (χ1) is 7.66. The van der Waals surface area contributed by atoms with Gasteiger partial charge in [0.2, 0.25) is 0 Å². The van der Waals surface area contributed by atoms with Crippen LogP contribution in [0.3, 0.4) is 0 Å². The maximum atomic E-state index is 3.60. The SMILES string of the molecule is CC1CCC(N2CCNC(C)CC2)C(C)C1. The van der Waals surface area contributed by atoms with E-state index in [1.165, 1.54) is 45.3 Å². The Bertz CT molecular complexity index is 217. The molecule has 0 amide bonds. The number of hydrogen-bond acceptors (Lipinski definition) is 2. The molecule has 1 aliphatic heterocycles. The first kappa shape index (κ1) is 12.4. The van der Waals surface area contributed by atoms with Crippen molar-refractivity contribution in [3.63, 3.8) is 0 Å². The molecule has 2 aliphatic rings. The molecule has 1 saturated heterocycles. The Labute approximate surface area is 101 Å². The second kappa shape index (κ2) is 5.50. The summed E-state index contributed by atoms with van der Waals surface area (Å²) in [5, 5.41) is 3.60. The zero-order chi connectivity index (χ0) is 11.5. The Morgan fingerprint density at radius 3 is 2.56 bits per heavy atom. The van der Waals surface area contributed by atoms with Crippen LogP contribution >= 0.6 is 0 Å². The van der Waals surface area contributed by atoms with Crippen molar-refractivity contribution in [3.05, 3.63) is 0 Å². The molecule has 0 aromatic heterocycles. The third kappa shape index (κ3) is 2.98. The third-order valence-electron chi connectivity index (χ3n) is 4.60. The second-order valence-electron chi connectivity index (χ2n) is 6.14. The topological polar surface area (TPSA) is 15.3 Å². The van der Waals surface area contributed by atoms with E-state index in [4.69, 9.17) is 0 Å². The summed E-state index contributed by atoms with van der Waals surface area (Å²) < 4.78 is 0. The van der Waals surface area contributed by atoms with Crippen molar-refractivity contribution in [3.8, 4) is 0 Å². The fraction of sp³-hybridized carbons (Fsp3) is 1.00. The quantitative estimate of drug-likeness (QED) is 0.736. The highest BCUT2D eigenvalue weighted by Crippen LogP contribution is 2.32. The Balaban J connectivity index is 1.90. The molecule has 2 fully saturated rings. The molecule has 2 heteroatoms. The van der Waals surface area contributed by atoms with Gasteiger partial charge in [0.15, 0.2) is 0 Å². The van der Waals surface area contributed by atoms with E-state index < -0.39 is 0 Å². The van der Waals surface area contributed by atoms with E-state index in [0.29, 0.717) is 6.04 Å². The minimum atomic E-state index is 0.711. The van der Waals surface area contributed by atoms with Crippen LogP contribution in [-0.4, -0.2) is 36.6 Å². The molecule has 0 aromatic carbocycles. The maximum Gasteiger partial charge on any atom is 0.0122 e. The molecule has 0 radical (unpaired) electrons. The molecule has 16 heavy (non-hydrogen) atoms. The van der Waals surface area contributed by atoms with Crippen molar-refractivity contribution in [2.24, 2.45) is 11.8 Å². The first-order valence-corrected chi connectivity index (χ1v) is 7.14. The van der Waals surface area contributed by atoms with Crippen molar-refractivity contribution in [1.29, 1.82) is 0 Å². The van der Waals surface area contributed by atoms with Gasteiger partial charge in [0.05, 0.1) is 0 Å². The van der Waals surface area contributed by atoms with Crippen molar-refractivity contribution < 1.29 is 0 Å². The van der Waals surface area contributed by atoms with Crippen LogP contribution in [0.4, 0.5) is 0 Å². The average Bonchev–Trinajstić information content (AvgIpc) is 2.43. The smallest absolute Gasteiger partial charge is 0.0122 e. The maximum absolute atomic E-state index is 3.60. The Hall–Kier alpha value is -0.0800. The number of rotatable bonds is 1. The molecule has 2 rings (SSSR count). The van der Waals surface area contributed by atoms with E-state index in [1.807, 2.05) is 0 Å².